The number of carbonyl (C=O) groups is 4. The molecule has 0 radical (unpaired) electrons. The Morgan fingerprint density at radius 3 is 2.00 bits per heavy atom. The molecule has 0 unspecified atom stereocenters. The van der Waals surface area contributed by atoms with Gasteiger partial charge in [-0.25, -0.2) is 0 Å². The van der Waals surface area contributed by atoms with Crippen LogP contribution in [0.15, 0.2) is 24.3 Å². The molecule has 0 aromatic heterocycles. The first-order valence-electron chi connectivity index (χ1n) is 5.31. The van der Waals surface area contributed by atoms with Crippen LogP contribution >= 0.6 is 0 Å². The molecule has 1 aromatic rings. The van der Waals surface area contributed by atoms with E-state index in [4.69, 9.17) is 5.11 Å². The van der Waals surface area contributed by atoms with Crippen LogP contribution in [0.25, 0.3) is 0 Å². The fourth-order valence-electron chi connectivity index (χ4n) is 1.93. The van der Waals surface area contributed by atoms with Crippen molar-refractivity contribution in [1.29, 1.82) is 0 Å². The van der Waals surface area contributed by atoms with Gasteiger partial charge in [-0.15, -0.1) is 0 Å². The third-order valence-electron chi connectivity index (χ3n) is 2.77. The van der Waals surface area contributed by atoms with Crippen LogP contribution in [0.1, 0.15) is 27.1 Å². The summed E-state index contributed by atoms with van der Waals surface area (Å²) in [7, 11) is 0. The van der Waals surface area contributed by atoms with Gasteiger partial charge in [0.2, 0.25) is 0 Å². The summed E-state index contributed by atoms with van der Waals surface area (Å²) in [6, 6.07) is 1.78. The highest BCUT2D eigenvalue weighted by molar-refractivity contribution is 6.22. The zero-order valence-electron chi connectivity index (χ0n) is 9.50. The van der Waals surface area contributed by atoms with E-state index in [0.717, 1.165) is 0 Å². The van der Waals surface area contributed by atoms with E-state index in [1.807, 2.05) is 0 Å². The lowest BCUT2D eigenvalue weighted by Gasteiger charge is -2.20. The smallest absolute Gasteiger partial charge is 0.324 e. The number of nitrogens with zero attached hydrogens (tertiary/aromatic N) is 1. The van der Waals surface area contributed by atoms with Crippen LogP contribution in [-0.2, 0) is 9.59 Å². The van der Waals surface area contributed by atoms with Gasteiger partial charge in [-0.05, 0) is 12.1 Å². The average molecular weight is 265 g/mol. The molecule has 1 aliphatic heterocycles. The molecular weight excluding hydrogens is 257 g/mol. The maximum absolute atomic E-state index is 12.9. The first-order chi connectivity index (χ1) is 8.93. The average Bonchev–Trinajstić information content (AvgIpc) is 2.60. The summed E-state index contributed by atoms with van der Waals surface area (Å²) in [5.41, 5.74) is 0.0632. The maximum atomic E-state index is 12.9. The third-order valence-corrected chi connectivity index (χ3v) is 2.77. The van der Waals surface area contributed by atoms with Crippen molar-refractivity contribution in [2.75, 3.05) is 0 Å². The second-order valence-corrected chi connectivity index (χ2v) is 3.94. The first kappa shape index (κ1) is 12.9. The summed E-state index contributed by atoms with van der Waals surface area (Å²) < 4.78 is 12.9. The van der Waals surface area contributed by atoms with Crippen molar-refractivity contribution in [3.63, 3.8) is 0 Å². The maximum Gasteiger partial charge on any atom is 0.324 e. The molecular formula is C12H8FNO5. The Balaban J connectivity index is 2.42. The van der Waals surface area contributed by atoms with Crippen LogP contribution in [0, 0.1) is 0 Å². The van der Waals surface area contributed by atoms with Crippen LogP contribution in [0.4, 0.5) is 4.39 Å². The van der Waals surface area contributed by atoms with Gasteiger partial charge in [-0.1, -0.05) is 12.1 Å². The summed E-state index contributed by atoms with van der Waals surface area (Å²) in [4.78, 5) is 45.6. The molecule has 0 aliphatic carbocycles. The minimum absolute atomic E-state index is 0.0316. The van der Waals surface area contributed by atoms with E-state index in [9.17, 15) is 23.6 Å². The topological polar surface area (TPSA) is 91.8 Å². The molecule has 1 heterocycles. The standard InChI is InChI=1S/C12H8FNO5/c13-10(17)8(5-9(15)16)14-11(18)6-3-1-2-4-7(6)12(14)19/h1-4,8H,5H2,(H,15,16)/t8-/m0/s1. The van der Waals surface area contributed by atoms with E-state index < -0.39 is 36.3 Å². The zero-order chi connectivity index (χ0) is 14.2. The first-order valence-corrected chi connectivity index (χ1v) is 5.31. The third kappa shape index (κ3) is 2.10. The molecule has 1 atom stereocenters. The van der Waals surface area contributed by atoms with Gasteiger partial charge in [0, 0.05) is 0 Å². The number of rotatable bonds is 4. The van der Waals surface area contributed by atoms with E-state index in [2.05, 4.69) is 0 Å². The highest BCUT2D eigenvalue weighted by Gasteiger charge is 2.43. The predicted molar refractivity (Wildman–Crippen MR) is 59.1 cm³/mol. The van der Waals surface area contributed by atoms with E-state index in [0.29, 0.717) is 4.90 Å². The molecule has 0 fully saturated rings. The second-order valence-electron chi connectivity index (χ2n) is 3.94. The Labute approximate surface area is 106 Å². The van der Waals surface area contributed by atoms with Gasteiger partial charge in [0.1, 0.15) is 6.04 Å². The monoisotopic (exact) mass is 265 g/mol. The predicted octanol–water partition coefficient (Wildman–Crippen LogP) is 0.622. The molecule has 1 aromatic carbocycles. The molecule has 0 saturated carbocycles. The molecule has 0 saturated heterocycles. The van der Waals surface area contributed by atoms with Crippen LogP contribution < -0.4 is 0 Å². The van der Waals surface area contributed by atoms with Gasteiger partial charge in [0.15, 0.2) is 0 Å². The molecule has 0 bridgehead atoms. The molecule has 1 N–H and O–H groups in total. The summed E-state index contributed by atoms with van der Waals surface area (Å²) in [5, 5.41) is 8.61. The lowest BCUT2D eigenvalue weighted by Crippen LogP contribution is -2.44. The summed E-state index contributed by atoms with van der Waals surface area (Å²) >= 11 is 0. The SMILES string of the molecule is O=C(O)C[C@@H](C(=O)F)N1C(=O)c2ccccc2C1=O. The number of hydrogen-bond acceptors (Lipinski definition) is 4. The zero-order valence-corrected chi connectivity index (χ0v) is 9.50. The molecule has 19 heavy (non-hydrogen) atoms. The van der Waals surface area contributed by atoms with Gasteiger partial charge in [-0.3, -0.25) is 24.1 Å². The van der Waals surface area contributed by atoms with Gasteiger partial charge >= 0.3 is 12.0 Å². The highest BCUT2D eigenvalue weighted by atomic mass is 19.1. The van der Waals surface area contributed by atoms with Crippen LogP contribution in [-0.4, -0.2) is 39.9 Å². The molecule has 2 rings (SSSR count). The van der Waals surface area contributed by atoms with Crippen LogP contribution in [0.2, 0.25) is 0 Å². The van der Waals surface area contributed by atoms with E-state index in [1.54, 1.807) is 0 Å². The van der Waals surface area contributed by atoms with Crippen molar-refractivity contribution in [3.8, 4) is 0 Å². The lowest BCUT2D eigenvalue weighted by atomic mass is 10.1. The van der Waals surface area contributed by atoms with Crippen LogP contribution in [0.5, 0.6) is 0 Å². The van der Waals surface area contributed by atoms with Gasteiger partial charge in [0.05, 0.1) is 17.5 Å². The number of hydrogen-bond donors (Lipinski definition) is 1. The summed E-state index contributed by atoms with van der Waals surface area (Å²) in [6.07, 6.45) is -0.958. The van der Waals surface area contributed by atoms with Crippen molar-refractivity contribution in [3.05, 3.63) is 35.4 Å². The number of carboxylic acids is 1. The fourth-order valence-corrected chi connectivity index (χ4v) is 1.93. The fraction of sp³-hybridized carbons (Fsp3) is 0.167. The Morgan fingerprint density at radius 1 is 1.16 bits per heavy atom. The molecule has 98 valence electrons. The van der Waals surface area contributed by atoms with Crippen molar-refractivity contribution in [2.45, 2.75) is 12.5 Å². The number of halogens is 1. The van der Waals surface area contributed by atoms with Crippen molar-refractivity contribution < 1.29 is 28.7 Å². The summed E-state index contributed by atoms with van der Waals surface area (Å²) in [6.45, 7) is 0. The largest absolute Gasteiger partial charge is 0.481 e. The van der Waals surface area contributed by atoms with E-state index in [1.165, 1.54) is 24.3 Å². The van der Waals surface area contributed by atoms with E-state index >= 15 is 0 Å². The quantitative estimate of drug-likeness (QED) is 0.636. The molecule has 7 heteroatoms. The van der Waals surface area contributed by atoms with Crippen molar-refractivity contribution in [2.24, 2.45) is 0 Å². The summed E-state index contributed by atoms with van der Waals surface area (Å²) in [5.74, 6) is -3.21. The second kappa shape index (κ2) is 4.60. The number of imide groups is 1. The highest BCUT2D eigenvalue weighted by Crippen LogP contribution is 2.26. The van der Waals surface area contributed by atoms with Crippen molar-refractivity contribution >= 4 is 23.8 Å². The number of carbonyl (C=O) groups excluding carboxylic acids is 3. The van der Waals surface area contributed by atoms with Gasteiger partial charge < -0.3 is 5.11 Å². The lowest BCUT2D eigenvalue weighted by molar-refractivity contribution is -0.143. The van der Waals surface area contributed by atoms with Crippen LogP contribution in [0.3, 0.4) is 0 Å². The number of aliphatic carboxylic acids is 1. The Kier molecular flexibility index (Phi) is 3.12. The van der Waals surface area contributed by atoms with Gasteiger partial charge in [0.25, 0.3) is 11.8 Å². The number of benzene rings is 1. The van der Waals surface area contributed by atoms with E-state index in [-0.39, 0.29) is 11.1 Å². The minimum atomic E-state index is -2.03. The Bertz CT molecular complexity index is 563. The molecule has 1 aliphatic rings. The number of fused-ring (bicyclic) bond motifs is 1. The molecule has 0 spiro atoms. The van der Waals surface area contributed by atoms with Gasteiger partial charge in [-0.2, -0.15) is 4.39 Å². The Hall–Kier alpha value is -2.57. The molecule has 2 amide bonds. The number of amides is 2. The normalized spacial score (nSPS) is 15.3. The van der Waals surface area contributed by atoms with Crippen molar-refractivity contribution in [1.82, 2.24) is 4.90 Å². The molecule has 6 nitrogen and oxygen atoms in total. The number of carboxylic acid groups (broad SMARTS) is 1. The minimum Gasteiger partial charge on any atom is -0.481 e. The Morgan fingerprint density at radius 2 is 1.63 bits per heavy atom.